The van der Waals surface area contributed by atoms with Crippen LogP contribution in [0.3, 0.4) is 0 Å². The first-order valence-corrected chi connectivity index (χ1v) is 7.48. The summed E-state index contributed by atoms with van der Waals surface area (Å²) in [6.07, 6.45) is -4.70. The zero-order valence-electron chi connectivity index (χ0n) is 13.1. The van der Waals surface area contributed by atoms with E-state index in [4.69, 9.17) is 11.6 Å². The number of halogens is 4. The minimum atomic E-state index is -4.70. The van der Waals surface area contributed by atoms with Crippen LogP contribution in [0.15, 0.2) is 30.3 Å². The Bertz CT molecular complexity index is 990. The van der Waals surface area contributed by atoms with Crippen molar-refractivity contribution in [3.63, 3.8) is 0 Å². The van der Waals surface area contributed by atoms with Crippen molar-refractivity contribution < 1.29 is 18.1 Å². The van der Waals surface area contributed by atoms with Gasteiger partial charge in [0, 0.05) is 30.7 Å². The first-order valence-electron chi connectivity index (χ1n) is 7.10. The number of fused-ring (bicyclic) bond motifs is 1. The molecule has 0 radical (unpaired) electrons. The molecule has 0 N–H and O–H groups in total. The van der Waals surface area contributed by atoms with Gasteiger partial charge in [0.05, 0.1) is 4.92 Å². The molecule has 136 valence electrons. The molecular weight excluding hydrogens is 377 g/mol. The van der Waals surface area contributed by atoms with E-state index in [0.29, 0.717) is 15.1 Å². The van der Waals surface area contributed by atoms with Crippen molar-refractivity contribution in [2.75, 3.05) is 11.9 Å². The van der Waals surface area contributed by atoms with Gasteiger partial charge in [-0.2, -0.15) is 17.7 Å². The van der Waals surface area contributed by atoms with Crippen LogP contribution in [-0.2, 0) is 12.7 Å². The summed E-state index contributed by atoms with van der Waals surface area (Å²) in [6.45, 7) is 0.0997. The molecular formula is C14H10ClF3N6O2. The van der Waals surface area contributed by atoms with Crippen molar-refractivity contribution in [3.05, 3.63) is 56.9 Å². The average molecular weight is 387 g/mol. The highest BCUT2D eigenvalue weighted by atomic mass is 35.5. The van der Waals surface area contributed by atoms with Gasteiger partial charge in [0.25, 0.3) is 11.5 Å². The third-order valence-electron chi connectivity index (χ3n) is 3.54. The second kappa shape index (κ2) is 6.41. The van der Waals surface area contributed by atoms with E-state index in [0.717, 1.165) is 0 Å². The number of anilines is 1. The van der Waals surface area contributed by atoms with Crippen LogP contribution < -0.4 is 4.90 Å². The molecule has 0 aliphatic heterocycles. The maximum absolute atomic E-state index is 12.9. The molecule has 12 heteroatoms. The first kappa shape index (κ1) is 17.9. The molecule has 1 aromatic carbocycles. The van der Waals surface area contributed by atoms with Crippen molar-refractivity contribution in [3.8, 4) is 0 Å². The second-order valence-electron chi connectivity index (χ2n) is 5.37. The number of hydrogen-bond acceptors (Lipinski definition) is 6. The number of hydrogen-bond donors (Lipinski definition) is 0. The molecule has 0 fully saturated rings. The van der Waals surface area contributed by atoms with Crippen LogP contribution in [0.2, 0.25) is 5.02 Å². The molecule has 0 saturated carbocycles. The van der Waals surface area contributed by atoms with Gasteiger partial charge < -0.3 is 4.90 Å². The van der Waals surface area contributed by atoms with Crippen LogP contribution in [0, 0.1) is 10.1 Å². The maximum atomic E-state index is 12.9. The average Bonchev–Trinajstić information content (AvgIpc) is 2.99. The number of nitrogens with zero attached hydrogens (tertiary/aromatic N) is 6. The maximum Gasteiger partial charge on any atom is 0.453 e. The predicted molar refractivity (Wildman–Crippen MR) is 86.0 cm³/mol. The number of rotatable bonds is 4. The molecule has 0 aliphatic rings. The number of benzene rings is 1. The number of nitro groups is 1. The van der Waals surface area contributed by atoms with Crippen molar-refractivity contribution in [1.82, 2.24) is 19.8 Å². The zero-order valence-corrected chi connectivity index (χ0v) is 13.9. The molecule has 0 unspecified atom stereocenters. The van der Waals surface area contributed by atoms with E-state index >= 15 is 0 Å². The van der Waals surface area contributed by atoms with E-state index in [-0.39, 0.29) is 23.7 Å². The Hall–Kier alpha value is -2.95. The lowest BCUT2D eigenvalue weighted by molar-refractivity contribution is -0.384. The summed E-state index contributed by atoms with van der Waals surface area (Å²) in [6, 6.07) is 6.77. The van der Waals surface area contributed by atoms with Gasteiger partial charge in [-0.05, 0) is 23.8 Å². The molecule has 2 aromatic heterocycles. The Kier molecular flexibility index (Phi) is 4.40. The van der Waals surface area contributed by atoms with E-state index in [1.165, 1.54) is 35.2 Å². The molecule has 0 amide bonds. The highest BCUT2D eigenvalue weighted by molar-refractivity contribution is 6.31. The third kappa shape index (κ3) is 3.38. The Morgan fingerprint density at radius 3 is 2.65 bits per heavy atom. The Labute approximate surface area is 149 Å². The molecule has 3 aromatic rings. The molecule has 3 rings (SSSR count). The van der Waals surface area contributed by atoms with Crippen LogP contribution in [0.5, 0.6) is 0 Å². The van der Waals surface area contributed by atoms with Crippen LogP contribution in [0.1, 0.15) is 11.4 Å². The Morgan fingerprint density at radius 2 is 2.00 bits per heavy atom. The first-order chi connectivity index (χ1) is 12.2. The normalized spacial score (nSPS) is 11.7. The van der Waals surface area contributed by atoms with E-state index < -0.39 is 16.9 Å². The molecule has 2 heterocycles. The fourth-order valence-corrected chi connectivity index (χ4v) is 2.47. The van der Waals surface area contributed by atoms with Crippen molar-refractivity contribution in [2.24, 2.45) is 0 Å². The summed E-state index contributed by atoms with van der Waals surface area (Å²) in [5.41, 5.74) is 0.243. The summed E-state index contributed by atoms with van der Waals surface area (Å²) >= 11 is 6.05. The minimum absolute atomic E-state index is 0.0529. The summed E-state index contributed by atoms with van der Waals surface area (Å²) in [5.74, 6) is -1.05. The number of aromatic nitrogens is 4. The van der Waals surface area contributed by atoms with Crippen molar-refractivity contribution in [1.29, 1.82) is 0 Å². The SMILES string of the molecule is CN(Cc1cc([N+](=O)[O-])ccc1Cl)c1ccc2nnc(C(F)(F)F)n2n1. The largest absolute Gasteiger partial charge is 0.453 e. The molecule has 0 bridgehead atoms. The molecule has 0 spiro atoms. The molecule has 8 nitrogen and oxygen atoms in total. The lowest BCUT2D eigenvalue weighted by atomic mass is 10.2. The summed E-state index contributed by atoms with van der Waals surface area (Å²) in [4.78, 5) is 11.8. The van der Waals surface area contributed by atoms with Gasteiger partial charge in [0.1, 0.15) is 5.82 Å². The lowest BCUT2D eigenvalue weighted by Crippen LogP contribution is -2.20. The fraction of sp³-hybridized carbons (Fsp3) is 0.214. The topological polar surface area (TPSA) is 89.5 Å². The van der Waals surface area contributed by atoms with E-state index in [1.807, 2.05) is 0 Å². The molecule has 0 aliphatic carbocycles. The van der Waals surface area contributed by atoms with Crippen LogP contribution >= 0.6 is 11.6 Å². The molecule has 0 saturated heterocycles. The number of non-ortho nitro benzene ring substituents is 1. The summed E-state index contributed by atoms with van der Waals surface area (Å²) < 4.78 is 39.4. The molecule has 26 heavy (non-hydrogen) atoms. The monoisotopic (exact) mass is 386 g/mol. The van der Waals surface area contributed by atoms with E-state index in [2.05, 4.69) is 15.3 Å². The third-order valence-corrected chi connectivity index (χ3v) is 3.91. The molecule has 0 atom stereocenters. The summed E-state index contributed by atoms with van der Waals surface area (Å²) in [7, 11) is 1.57. The number of alkyl halides is 3. The van der Waals surface area contributed by atoms with E-state index in [9.17, 15) is 23.3 Å². The predicted octanol–water partition coefficient (Wildman–Crippen LogP) is 3.34. The van der Waals surface area contributed by atoms with Gasteiger partial charge in [-0.25, -0.2) is 0 Å². The Balaban J connectivity index is 1.94. The standard InChI is InChI=1S/C14H10ClF3N6O2/c1-22(7-8-6-9(24(25)26)2-3-10(8)15)12-5-4-11-19-20-13(14(16,17)18)23(11)21-12/h2-6H,7H2,1H3. The quantitative estimate of drug-likeness (QED) is 0.504. The van der Waals surface area contributed by atoms with Gasteiger partial charge in [0.15, 0.2) is 5.65 Å². The minimum Gasteiger partial charge on any atom is -0.354 e. The van der Waals surface area contributed by atoms with Crippen LogP contribution in [0.4, 0.5) is 24.7 Å². The smallest absolute Gasteiger partial charge is 0.354 e. The second-order valence-corrected chi connectivity index (χ2v) is 5.78. The van der Waals surface area contributed by atoms with Gasteiger partial charge in [-0.1, -0.05) is 11.6 Å². The highest BCUT2D eigenvalue weighted by Gasteiger charge is 2.37. The lowest BCUT2D eigenvalue weighted by Gasteiger charge is -2.19. The van der Waals surface area contributed by atoms with Gasteiger partial charge >= 0.3 is 6.18 Å². The highest BCUT2D eigenvalue weighted by Crippen LogP contribution is 2.28. The van der Waals surface area contributed by atoms with E-state index in [1.54, 1.807) is 7.05 Å². The van der Waals surface area contributed by atoms with Gasteiger partial charge in [-0.3, -0.25) is 10.1 Å². The van der Waals surface area contributed by atoms with Gasteiger partial charge in [0.2, 0.25) is 0 Å². The number of nitro benzene ring substituents is 1. The van der Waals surface area contributed by atoms with Crippen molar-refractivity contribution >= 4 is 28.8 Å². The Morgan fingerprint density at radius 1 is 1.27 bits per heavy atom. The van der Waals surface area contributed by atoms with Crippen molar-refractivity contribution in [2.45, 2.75) is 12.7 Å². The van der Waals surface area contributed by atoms with Crippen LogP contribution in [-0.4, -0.2) is 31.8 Å². The summed E-state index contributed by atoms with van der Waals surface area (Å²) in [5, 5.41) is 21.6. The van der Waals surface area contributed by atoms with Crippen LogP contribution in [0.25, 0.3) is 5.65 Å². The zero-order chi connectivity index (χ0) is 19.1. The van der Waals surface area contributed by atoms with Gasteiger partial charge in [-0.15, -0.1) is 15.3 Å². The fourth-order valence-electron chi connectivity index (χ4n) is 2.29.